The maximum atomic E-state index is 13.7. The van der Waals surface area contributed by atoms with Crippen LogP contribution in [-0.2, 0) is 4.79 Å². The third kappa shape index (κ3) is 3.61. The Morgan fingerprint density at radius 3 is 2.85 bits per heavy atom. The van der Waals surface area contributed by atoms with Crippen LogP contribution in [0, 0.1) is 29.8 Å². The van der Waals surface area contributed by atoms with Crippen molar-refractivity contribution in [2.75, 3.05) is 11.1 Å². The van der Waals surface area contributed by atoms with E-state index in [9.17, 15) is 19.3 Å². The van der Waals surface area contributed by atoms with Crippen LogP contribution in [0.3, 0.4) is 0 Å². The number of aryl methyl sites for hydroxylation is 2. The quantitative estimate of drug-likeness (QED) is 0.413. The Bertz CT molecular complexity index is 1020. The molecule has 0 saturated carbocycles. The van der Waals surface area contributed by atoms with Crippen molar-refractivity contribution in [3.63, 3.8) is 0 Å². The fraction of sp³-hybridized carbons (Fsp3) is 0.200. The second-order valence-electron chi connectivity index (χ2n) is 5.41. The number of carbonyl (C=O) groups is 1. The highest BCUT2D eigenvalue weighted by molar-refractivity contribution is 7.99. The SMILES string of the molecule is Cc1cc(C)n2c(SCC(=O)Nc3cc([N+](=O)[O-])ccc3F)nnc2n1. The Balaban J connectivity index is 1.72. The Morgan fingerprint density at radius 1 is 1.35 bits per heavy atom. The van der Waals surface area contributed by atoms with Gasteiger partial charge in [0.1, 0.15) is 5.82 Å². The van der Waals surface area contributed by atoms with E-state index in [0.29, 0.717) is 10.9 Å². The van der Waals surface area contributed by atoms with Crippen molar-refractivity contribution in [1.82, 2.24) is 19.6 Å². The summed E-state index contributed by atoms with van der Waals surface area (Å²) in [5, 5.41) is 21.5. The van der Waals surface area contributed by atoms with E-state index in [2.05, 4.69) is 20.5 Å². The number of anilines is 1. The van der Waals surface area contributed by atoms with Crippen molar-refractivity contribution in [2.24, 2.45) is 0 Å². The maximum Gasteiger partial charge on any atom is 0.271 e. The molecule has 2 heterocycles. The minimum Gasteiger partial charge on any atom is -0.323 e. The van der Waals surface area contributed by atoms with Gasteiger partial charge in [0.25, 0.3) is 11.5 Å². The Labute approximate surface area is 150 Å². The van der Waals surface area contributed by atoms with E-state index in [0.717, 1.165) is 41.3 Å². The van der Waals surface area contributed by atoms with E-state index < -0.39 is 16.6 Å². The fourth-order valence-electron chi connectivity index (χ4n) is 2.33. The lowest BCUT2D eigenvalue weighted by Crippen LogP contribution is -2.15. The molecule has 1 N–H and O–H groups in total. The minimum atomic E-state index is -0.752. The number of hydrogen-bond acceptors (Lipinski definition) is 7. The van der Waals surface area contributed by atoms with Crippen LogP contribution in [0.15, 0.2) is 29.4 Å². The molecule has 11 heteroatoms. The summed E-state index contributed by atoms with van der Waals surface area (Å²) in [6.07, 6.45) is 0. The third-order valence-corrected chi connectivity index (χ3v) is 4.36. The molecule has 0 spiro atoms. The van der Waals surface area contributed by atoms with Crippen molar-refractivity contribution in [1.29, 1.82) is 0 Å². The largest absolute Gasteiger partial charge is 0.323 e. The summed E-state index contributed by atoms with van der Waals surface area (Å²) < 4.78 is 15.4. The van der Waals surface area contributed by atoms with Gasteiger partial charge in [-0.2, -0.15) is 0 Å². The molecule has 9 nitrogen and oxygen atoms in total. The van der Waals surface area contributed by atoms with Gasteiger partial charge >= 0.3 is 0 Å². The molecule has 134 valence electrons. The van der Waals surface area contributed by atoms with Crippen molar-refractivity contribution < 1.29 is 14.1 Å². The lowest BCUT2D eigenvalue weighted by molar-refractivity contribution is -0.384. The molecule has 26 heavy (non-hydrogen) atoms. The summed E-state index contributed by atoms with van der Waals surface area (Å²) in [7, 11) is 0. The summed E-state index contributed by atoms with van der Waals surface area (Å²) >= 11 is 1.10. The zero-order chi connectivity index (χ0) is 18.8. The van der Waals surface area contributed by atoms with Crippen LogP contribution < -0.4 is 5.32 Å². The maximum absolute atomic E-state index is 13.7. The molecule has 0 saturated heterocycles. The van der Waals surface area contributed by atoms with Crippen LogP contribution in [0.2, 0.25) is 0 Å². The first-order chi connectivity index (χ1) is 12.3. The average molecular weight is 376 g/mol. The molecular weight excluding hydrogens is 363 g/mol. The predicted octanol–water partition coefficient (Wildman–Crippen LogP) is 2.52. The molecule has 0 radical (unpaired) electrons. The number of nitro groups is 1. The zero-order valence-electron chi connectivity index (χ0n) is 13.8. The van der Waals surface area contributed by atoms with Gasteiger partial charge in [-0.25, -0.2) is 9.37 Å². The number of nitro benzene ring substituents is 1. The summed E-state index contributed by atoms with van der Waals surface area (Å²) in [6.45, 7) is 3.71. The Kier molecular flexibility index (Phi) is 4.80. The van der Waals surface area contributed by atoms with E-state index in [4.69, 9.17) is 0 Å². The molecule has 1 amide bonds. The second-order valence-corrected chi connectivity index (χ2v) is 6.36. The van der Waals surface area contributed by atoms with Gasteiger partial charge in [-0.1, -0.05) is 11.8 Å². The number of fused-ring (bicyclic) bond motifs is 1. The van der Waals surface area contributed by atoms with Crippen LogP contribution in [0.1, 0.15) is 11.4 Å². The third-order valence-electron chi connectivity index (χ3n) is 3.43. The number of amides is 1. The minimum absolute atomic E-state index is 0.0732. The number of thioether (sulfide) groups is 1. The second kappa shape index (κ2) is 7.04. The molecule has 0 bridgehead atoms. The number of hydrogen-bond donors (Lipinski definition) is 1. The normalized spacial score (nSPS) is 10.9. The van der Waals surface area contributed by atoms with Crippen LogP contribution in [0.25, 0.3) is 5.78 Å². The topological polar surface area (TPSA) is 115 Å². The number of halogens is 1. The lowest BCUT2D eigenvalue weighted by atomic mass is 10.2. The molecule has 0 fully saturated rings. The number of rotatable bonds is 5. The van der Waals surface area contributed by atoms with Crippen LogP contribution in [-0.4, -0.2) is 36.2 Å². The lowest BCUT2D eigenvalue weighted by Gasteiger charge is -2.06. The van der Waals surface area contributed by atoms with Crippen LogP contribution in [0.4, 0.5) is 15.8 Å². The number of carbonyl (C=O) groups excluding carboxylic acids is 1. The van der Waals surface area contributed by atoms with Crippen molar-refractivity contribution in [3.05, 3.63) is 51.6 Å². The van der Waals surface area contributed by atoms with E-state index in [1.54, 1.807) is 4.40 Å². The molecule has 0 atom stereocenters. The van der Waals surface area contributed by atoms with Gasteiger partial charge in [0.05, 0.1) is 16.4 Å². The number of nitrogens with zero attached hydrogens (tertiary/aromatic N) is 5. The molecule has 0 aliphatic rings. The van der Waals surface area contributed by atoms with Crippen LogP contribution in [0.5, 0.6) is 0 Å². The fourth-order valence-corrected chi connectivity index (χ4v) is 3.12. The van der Waals surface area contributed by atoms with Gasteiger partial charge < -0.3 is 5.32 Å². The standard InChI is InChI=1S/C15H13FN6O3S/c1-8-5-9(2)21-14(17-8)19-20-15(21)26-7-13(23)18-12-6-10(22(24)25)3-4-11(12)16/h3-6H,7H2,1-2H3,(H,18,23). The predicted molar refractivity (Wildman–Crippen MR) is 92.7 cm³/mol. The first-order valence-corrected chi connectivity index (χ1v) is 8.39. The molecular formula is C15H13FN6O3S. The van der Waals surface area contributed by atoms with Gasteiger partial charge in [0.2, 0.25) is 5.91 Å². The molecule has 0 unspecified atom stereocenters. The highest BCUT2D eigenvalue weighted by Gasteiger charge is 2.15. The number of benzene rings is 1. The van der Waals surface area contributed by atoms with E-state index in [1.165, 1.54) is 0 Å². The van der Waals surface area contributed by atoms with E-state index in [1.807, 2.05) is 19.9 Å². The average Bonchev–Trinajstić information content (AvgIpc) is 2.98. The smallest absolute Gasteiger partial charge is 0.271 e. The highest BCUT2D eigenvalue weighted by Crippen LogP contribution is 2.23. The van der Waals surface area contributed by atoms with Crippen molar-refractivity contribution >= 4 is 34.8 Å². The van der Waals surface area contributed by atoms with Crippen molar-refractivity contribution in [2.45, 2.75) is 19.0 Å². The Hall–Kier alpha value is -3.08. The zero-order valence-corrected chi connectivity index (χ0v) is 14.6. The molecule has 2 aromatic heterocycles. The summed E-state index contributed by atoms with van der Waals surface area (Å²) in [5.41, 5.74) is 1.11. The Morgan fingerprint density at radius 2 is 2.12 bits per heavy atom. The highest BCUT2D eigenvalue weighted by atomic mass is 32.2. The van der Waals surface area contributed by atoms with Gasteiger partial charge in [-0.15, -0.1) is 10.2 Å². The monoisotopic (exact) mass is 376 g/mol. The van der Waals surface area contributed by atoms with Crippen molar-refractivity contribution in [3.8, 4) is 0 Å². The van der Waals surface area contributed by atoms with E-state index >= 15 is 0 Å². The molecule has 0 aliphatic heterocycles. The molecule has 0 aliphatic carbocycles. The molecule has 3 aromatic rings. The summed E-state index contributed by atoms with van der Waals surface area (Å²) in [4.78, 5) is 26.4. The van der Waals surface area contributed by atoms with Crippen LogP contribution >= 0.6 is 11.8 Å². The van der Waals surface area contributed by atoms with Gasteiger partial charge in [-0.05, 0) is 26.0 Å². The number of aromatic nitrogens is 4. The molecule has 1 aromatic carbocycles. The summed E-state index contributed by atoms with van der Waals surface area (Å²) in [6, 6.07) is 4.80. The van der Waals surface area contributed by atoms with Gasteiger partial charge in [-0.3, -0.25) is 19.3 Å². The number of nitrogens with one attached hydrogen (secondary N) is 1. The first kappa shape index (κ1) is 17.7. The first-order valence-electron chi connectivity index (χ1n) is 7.41. The molecule has 3 rings (SSSR count). The number of non-ortho nitro benzene ring substituents is 1. The summed E-state index contributed by atoms with van der Waals surface area (Å²) in [5.74, 6) is -0.924. The van der Waals surface area contributed by atoms with E-state index in [-0.39, 0.29) is 17.1 Å². The van der Waals surface area contributed by atoms with Gasteiger partial charge in [0, 0.05) is 23.5 Å². The van der Waals surface area contributed by atoms with Gasteiger partial charge in [0.15, 0.2) is 5.16 Å².